The molecule has 2 nitrogen and oxygen atoms in total. The summed E-state index contributed by atoms with van der Waals surface area (Å²) >= 11 is 3.56. The highest BCUT2D eigenvalue weighted by Crippen LogP contribution is 2.47. The molecule has 11 aromatic rings. The van der Waals surface area contributed by atoms with Crippen molar-refractivity contribution in [2.75, 3.05) is 0 Å². The van der Waals surface area contributed by atoms with Gasteiger partial charge in [-0.05, 0) is 159 Å². The summed E-state index contributed by atoms with van der Waals surface area (Å²) < 4.78 is 4.90. The third-order valence-electron chi connectivity index (χ3n) is 12.9. The first-order chi connectivity index (χ1) is 30.8. The lowest BCUT2D eigenvalue weighted by atomic mass is 9.73. The Labute approximate surface area is 382 Å². The van der Waals surface area contributed by atoms with Crippen LogP contribution >= 0.6 is 22.7 Å². The number of nitrogens with zero attached hydrogens (tertiary/aromatic N) is 2. The van der Waals surface area contributed by atoms with Gasteiger partial charge in [-0.3, -0.25) is 0 Å². The highest BCUT2D eigenvalue weighted by atomic mass is 32.1. The summed E-state index contributed by atoms with van der Waals surface area (Å²) in [6.07, 6.45) is 0. The first-order valence-electron chi connectivity index (χ1n) is 21.8. The Bertz CT molecular complexity index is 3540. The zero-order valence-corrected chi connectivity index (χ0v) is 38.4. The van der Waals surface area contributed by atoms with Crippen LogP contribution in [0.15, 0.2) is 158 Å². The van der Waals surface area contributed by atoms with Gasteiger partial charge in [-0.15, -0.1) is 22.7 Å². The molecule has 0 radical (unpaired) electrons. The SMILES string of the molecule is [C-]#[N+]c1ccc2sc3ccc(-c4ccc(-c5ccc6c(C(C)(C)C)c7cc(-c8ccc(-c9ccc%10sc%11ccc(C#N)cc%11c%10c9)cc8)ccc7c(C(C)(C)C)c6c5)cc4)cc3c2c1. The zero-order valence-electron chi connectivity index (χ0n) is 36.7. The maximum Gasteiger partial charge on any atom is 0.187 e. The molecule has 0 spiro atoms. The number of fused-ring (bicyclic) bond motifs is 8. The Balaban J connectivity index is 0.971. The summed E-state index contributed by atoms with van der Waals surface area (Å²) in [5, 5.41) is 19.5. The van der Waals surface area contributed by atoms with E-state index in [0.29, 0.717) is 11.3 Å². The Morgan fingerprint density at radius 2 is 0.703 bits per heavy atom. The summed E-state index contributed by atoms with van der Waals surface area (Å²) in [6, 6.07) is 60.0. The van der Waals surface area contributed by atoms with Gasteiger partial charge in [0.15, 0.2) is 5.69 Å². The van der Waals surface area contributed by atoms with Crippen LogP contribution in [0.1, 0.15) is 58.2 Å². The zero-order chi connectivity index (χ0) is 44.1. The van der Waals surface area contributed by atoms with Crippen molar-refractivity contribution in [1.82, 2.24) is 0 Å². The van der Waals surface area contributed by atoms with Gasteiger partial charge in [-0.1, -0.05) is 139 Å². The standard InChI is InChI=1S/C60H44N2S2/c1-59(2,3)57-46-23-18-41(37-11-15-39(16-12-37)43-20-26-55-49(30-43)50-33-44(62-7)21-27-56(50)64-55)32-52(46)58(60(4,5)6)45-22-17-40(31-51(45)57)36-9-13-38(14-10-36)42-19-25-54-48(29-42)47-28-35(34-61)8-24-53(47)63-54/h8-33H,1-6H3. The number of benzene rings is 9. The number of hydrogen-bond acceptors (Lipinski definition) is 3. The van der Waals surface area contributed by atoms with Crippen molar-refractivity contribution in [2.45, 2.75) is 52.4 Å². The van der Waals surface area contributed by atoms with Crippen molar-refractivity contribution in [2.24, 2.45) is 0 Å². The van der Waals surface area contributed by atoms with E-state index in [4.69, 9.17) is 6.57 Å². The fourth-order valence-electron chi connectivity index (χ4n) is 9.95. The van der Waals surface area contributed by atoms with Gasteiger partial charge < -0.3 is 0 Å². The van der Waals surface area contributed by atoms with Crippen LogP contribution < -0.4 is 0 Å². The molecule has 9 aromatic carbocycles. The molecule has 0 aliphatic carbocycles. The van der Waals surface area contributed by atoms with Gasteiger partial charge >= 0.3 is 0 Å². The van der Waals surface area contributed by atoms with Gasteiger partial charge in [0.25, 0.3) is 0 Å². The third kappa shape index (κ3) is 6.65. The van der Waals surface area contributed by atoms with Crippen molar-refractivity contribution in [3.63, 3.8) is 0 Å². The first-order valence-corrected chi connectivity index (χ1v) is 23.4. The highest BCUT2D eigenvalue weighted by molar-refractivity contribution is 7.26. The van der Waals surface area contributed by atoms with E-state index in [1.54, 1.807) is 22.7 Å². The molecule has 2 heterocycles. The van der Waals surface area contributed by atoms with Gasteiger partial charge in [0.1, 0.15) is 0 Å². The molecule has 0 saturated carbocycles. The molecule has 11 rings (SSSR count). The van der Waals surface area contributed by atoms with Crippen LogP contribution in [-0.2, 0) is 10.8 Å². The minimum absolute atomic E-state index is 0.108. The van der Waals surface area contributed by atoms with Crippen molar-refractivity contribution < 1.29 is 0 Å². The van der Waals surface area contributed by atoms with Gasteiger partial charge in [0, 0.05) is 29.6 Å². The minimum Gasteiger partial charge on any atom is -0.238 e. The second-order valence-electron chi connectivity index (χ2n) is 19.2. The van der Waals surface area contributed by atoms with Crippen LogP contribution in [0.4, 0.5) is 5.69 Å². The number of thiophene rings is 2. The molecule has 0 aliphatic heterocycles. The third-order valence-corrected chi connectivity index (χ3v) is 15.2. The van der Waals surface area contributed by atoms with Crippen molar-refractivity contribution in [3.8, 4) is 50.6 Å². The topological polar surface area (TPSA) is 28.1 Å². The normalized spacial score (nSPS) is 12.2. The van der Waals surface area contributed by atoms with Gasteiger partial charge in [-0.25, -0.2) is 4.85 Å². The Hall–Kier alpha value is -7.08. The van der Waals surface area contributed by atoms with Crippen LogP contribution in [0.25, 0.3) is 111 Å². The Morgan fingerprint density at radius 1 is 0.375 bits per heavy atom. The molecule has 0 aliphatic rings. The van der Waals surface area contributed by atoms with Gasteiger partial charge in [0.2, 0.25) is 0 Å². The lowest BCUT2D eigenvalue weighted by Gasteiger charge is -2.31. The summed E-state index contributed by atoms with van der Waals surface area (Å²) in [6.45, 7) is 21.6. The second kappa shape index (κ2) is 14.8. The average Bonchev–Trinajstić information content (AvgIpc) is 3.86. The molecular weight excluding hydrogens is 813 g/mol. The van der Waals surface area contributed by atoms with Crippen LogP contribution in [0, 0.1) is 17.9 Å². The fraction of sp³-hybridized carbons (Fsp3) is 0.133. The maximum absolute atomic E-state index is 9.55. The molecule has 306 valence electrons. The van der Waals surface area contributed by atoms with E-state index in [1.165, 1.54) is 107 Å². The highest BCUT2D eigenvalue weighted by Gasteiger charge is 2.28. The van der Waals surface area contributed by atoms with E-state index >= 15 is 0 Å². The minimum atomic E-state index is -0.108. The lowest BCUT2D eigenvalue weighted by Crippen LogP contribution is -2.17. The van der Waals surface area contributed by atoms with Crippen LogP contribution in [-0.4, -0.2) is 0 Å². The molecule has 0 unspecified atom stereocenters. The summed E-state index contributed by atoms with van der Waals surface area (Å²) in [4.78, 5) is 3.68. The van der Waals surface area contributed by atoms with Crippen LogP contribution in [0.5, 0.6) is 0 Å². The van der Waals surface area contributed by atoms with Crippen LogP contribution in [0.2, 0.25) is 0 Å². The van der Waals surface area contributed by atoms with E-state index in [-0.39, 0.29) is 10.8 Å². The summed E-state index contributed by atoms with van der Waals surface area (Å²) in [5.74, 6) is 0. The van der Waals surface area contributed by atoms with Crippen molar-refractivity contribution in [1.29, 1.82) is 5.26 Å². The smallest absolute Gasteiger partial charge is 0.187 e. The second-order valence-corrected chi connectivity index (χ2v) is 21.3. The van der Waals surface area contributed by atoms with E-state index in [9.17, 15) is 5.26 Å². The fourth-order valence-corrected chi connectivity index (χ4v) is 12.1. The average molecular weight is 857 g/mol. The first kappa shape index (κ1) is 39.7. The summed E-state index contributed by atoms with van der Waals surface area (Å²) in [5.41, 5.74) is 13.4. The molecule has 64 heavy (non-hydrogen) atoms. The largest absolute Gasteiger partial charge is 0.238 e. The molecule has 4 heteroatoms. The monoisotopic (exact) mass is 856 g/mol. The summed E-state index contributed by atoms with van der Waals surface area (Å²) in [7, 11) is 0. The molecule has 0 amide bonds. The van der Waals surface area contributed by atoms with Gasteiger partial charge in [0.05, 0.1) is 18.2 Å². The number of hydrogen-bond donors (Lipinski definition) is 0. The molecule has 0 saturated heterocycles. The van der Waals surface area contributed by atoms with E-state index in [0.717, 1.165) is 10.8 Å². The molecular formula is C60H44N2S2. The predicted octanol–water partition coefficient (Wildman–Crippen LogP) is 18.4. The van der Waals surface area contributed by atoms with Crippen LogP contribution in [0.3, 0.4) is 0 Å². The van der Waals surface area contributed by atoms with Gasteiger partial charge in [-0.2, -0.15) is 5.26 Å². The quantitative estimate of drug-likeness (QED) is 0.128. The van der Waals surface area contributed by atoms with E-state index in [2.05, 4.69) is 186 Å². The van der Waals surface area contributed by atoms with Crippen molar-refractivity contribution in [3.05, 3.63) is 186 Å². The maximum atomic E-state index is 9.55. The van der Waals surface area contributed by atoms with E-state index in [1.807, 2.05) is 24.3 Å². The predicted molar refractivity (Wildman–Crippen MR) is 277 cm³/mol. The Morgan fingerprint density at radius 3 is 1.09 bits per heavy atom. The lowest BCUT2D eigenvalue weighted by molar-refractivity contribution is 0.593. The Kier molecular flexibility index (Phi) is 9.16. The molecule has 0 N–H and O–H groups in total. The number of nitriles is 1. The molecule has 2 aromatic heterocycles. The number of rotatable bonds is 4. The molecule has 0 bridgehead atoms. The van der Waals surface area contributed by atoms with Crippen molar-refractivity contribution >= 4 is 90.3 Å². The molecule has 0 atom stereocenters. The molecule has 0 fully saturated rings. The van der Waals surface area contributed by atoms with E-state index < -0.39 is 0 Å².